The fourth-order valence-corrected chi connectivity index (χ4v) is 3.29. The van der Waals surface area contributed by atoms with Crippen molar-refractivity contribution in [3.63, 3.8) is 0 Å². The van der Waals surface area contributed by atoms with Gasteiger partial charge in [0.1, 0.15) is 0 Å². The van der Waals surface area contributed by atoms with Gasteiger partial charge in [0.05, 0.1) is 23.7 Å². The Morgan fingerprint density at radius 1 is 1.41 bits per heavy atom. The maximum Gasteiger partial charge on any atom is 0.337 e. The third-order valence-corrected chi connectivity index (χ3v) is 4.60. The molecule has 2 amide bonds. The number of hydrogen-bond donors (Lipinski definition) is 2. The Hall–Kier alpha value is -1.37. The fraction of sp³-hybridized carbons (Fsp3) is 0.286. The van der Waals surface area contributed by atoms with Crippen molar-refractivity contribution in [1.29, 1.82) is 0 Å². The average Bonchev–Trinajstić information content (AvgIpc) is 2.48. The first-order valence-corrected chi connectivity index (χ1v) is 8.27. The van der Waals surface area contributed by atoms with Gasteiger partial charge in [0.25, 0.3) is 0 Å². The summed E-state index contributed by atoms with van der Waals surface area (Å²) >= 11 is 13.4. The second-order valence-electron chi connectivity index (χ2n) is 4.35. The smallest absolute Gasteiger partial charge is 0.337 e. The Balaban J connectivity index is 2.17. The Kier molecular flexibility index (Phi) is 5.99. The molecule has 0 atom stereocenters. The molecule has 22 heavy (non-hydrogen) atoms. The van der Waals surface area contributed by atoms with Gasteiger partial charge in [-0.15, -0.1) is 11.8 Å². The number of esters is 1. The van der Waals surface area contributed by atoms with E-state index in [1.165, 1.54) is 11.8 Å². The first-order chi connectivity index (χ1) is 10.5. The number of urea groups is 1. The molecule has 8 heteroatoms. The highest BCUT2D eigenvalue weighted by Crippen LogP contribution is 2.31. The number of nitrogens with one attached hydrogen (secondary N) is 2. The molecule has 0 bridgehead atoms. The van der Waals surface area contributed by atoms with Gasteiger partial charge < -0.3 is 15.4 Å². The Morgan fingerprint density at radius 3 is 2.91 bits per heavy atom. The summed E-state index contributed by atoms with van der Waals surface area (Å²) in [4.78, 5) is 24.2. The molecular weight excluding hydrogens is 347 g/mol. The largest absolute Gasteiger partial charge is 0.463 e. The highest BCUT2D eigenvalue weighted by Gasteiger charge is 2.23. The van der Waals surface area contributed by atoms with Crippen molar-refractivity contribution in [1.82, 2.24) is 10.6 Å². The number of hydrogen-bond acceptors (Lipinski definition) is 4. The summed E-state index contributed by atoms with van der Waals surface area (Å²) in [5, 5.41) is 6.33. The zero-order chi connectivity index (χ0) is 16.1. The Labute approximate surface area is 142 Å². The van der Waals surface area contributed by atoms with Gasteiger partial charge in [-0.25, -0.2) is 9.59 Å². The summed E-state index contributed by atoms with van der Waals surface area (Å²) in [5.74, 6) is -0.0652. The number of carbonyl (C=O) groups excluding carboxylic acids is 2. The quantitative estimate of drug-likeness (QED) is 0.624. The van der Waals surface area contributed by atoms with E-state index in [0.29, 0.717) is 27.1 Å². The van der Waals surface area contributed by atoms with Gasteiger partial charge in [0.2, 0.25) is 0 Å². The second-order valence-corrected chi connectivity index (χ2v) is 6.21. The van der Waals surface area contributed by atoms with Crippen LogP contribution in [-0.2, 0) is 9.53 Å². The van der Waals surface area contributed by atoms with Crippen LogP contribution in [0.2, 0.25) is 10.0 Å². The lowest BCUT2D eigenvalue weighted by atomic mass is 10.2. The first kappa shape index (κ1) is 17.0. The third kappa shape index (κ3) is 4.32. The highest BCUT2D eigenvalue weighted by atomic mass is 35.5. The fourth-order valence-electron chi connectivity index (χ4n) is 1.81. The standard InChI is InChI=1S/C14H14Cl2N2O3S/c1-2-21-13(19)9-6-17-14(20)18-11(9)7-22-12-5-8(15)3-4-10(12)16/h3-5H,2,6-7H2,1H3,(H2,17,18,20). The number of benzene rings is 1. The van der Waals surface area contributed by atoms with Crippen LogP contribution in [0.3, 0.4) is 0 Å². The van der Waals surface area contributed by atoms with Crippen molar-refractivity contribution >= 4 is 47.0 Å². The van der Waals surface area contributed by atoms with E-state index in [2.05, 4.69) is 10.6 Å². The van der Waals surface area contributed by atoms with Gasteiger partial charge in [0.15, 0.2) is 0 Å². The number of halogens is 2. The lowest BCUT2D eigenvalue weighted by molar-refractivity contribution is -0.138. The first-order valence-electron chi connectivity index (χ1n) is 6.53. The van der Waals surface area contributed by atoms with E-state index in [4.69, 9.17) is 27.9 Å². The molecular formula is C14H14Cl2N2O3S. The van der Waals surface area contributed by atoms with Gasteiger partial charge in [-0.1, -0.05) is 23.2 Å². The van der Waals surface area contributed by atoms with Crippen LogP contribution >= 0.6 is 35.0 Å². The van der Waals surface area contributed by atoms with E-state index in [1.54, 1.807) is 25.1 Å². The lowest BCUT2D eigenvalue weighted by Gasteiger charge is -2.21. The molecule has 0 aromatic heterocycles. The molecule has 1 heterocycles. The number of thioether (sulfide) groups is 1. The van der Waals surface area contributed by atoms with E-state index in [0.717, 1.165) is 4.90 Å². The third-order valence-electron chi connectivity index (χ3n) is 2.84. The molecule has 0 saturated carbocycles. The molecule has 1 aromatic carbocycles. The topological polar surface area (TPSA) is 67.4 Å². The number of rotatable bonds is 5. The molecule has 2 N–H and O–H groups in total. The summed E-state index contributed by atoms with van der Waals surface area (Å²) < 4.78 is 5.00. The van der Waals surface area contributed by atoms with Crippen LogP contribution in [-0.4, -0.2) is 30.9 Å². The molecule has 1 aliphatic rings. The molecule has 1 aliphatic heterocycles. The van der Waals surface area contributed by atoms with E-state index in [1.807, 2.05) is 0 Å². The average molecular weight is 361 g/mol. The van der Waals surface area contributed by atoms with Crippen LogP contribution in [0.1, 0.15) is 6.92 Å². The number of ether oxygens (including phenoxy) is 1. The van der Waals surface area contributed by atoms with Crippen LogP contribution < -0.4 is 10.6 Å². The molecule has 118 valence electrons. The normalized spacial score (nSPS) is 14.4. The lowest BCUT2D eigenvalue weighted by Crippen LogP contribution is -2.44. The maximum atomic E-state index is 11.9. The molecule has 0 fully saturated rings. The summed E-state index contributed by atoms with van der Waals surface area (Å²) in [7, 11) is 0. The van der Waals surface area contributed by atoms with E-state index >= 15 is 0 Å². The minimum Gasteiger partial charge on any atom is -0.463 e. The van der Waals surface area contributed by atoms with Gasteiger partial charge in [-0.05, 0) is 25.1 Å². The molecule has 0 spiro atoms. The monoisotopic (exact) mass is 360 g/mol. The summed E-state index contributed by atoms with van der Waals surface area (Å²) in [6, 6.07) is 4.79. The predicted octanol–water partition coefficient (Wildman–Crippen LogP) is 3.22. The molecule has 1 aromatic rings. The number of carbonyl (C=O) groups is 2. The van der Waals surface area contributed by atoms with Gasteiger partial charge in [-0.2, -0.15) is 0 Å². The van der Waals surface area contributed by atoms with Crippen molar-refractivity contribution in [2.45, 2.75) is 11.8 Å². The van der Waals surface area contributed by atoms with Crippen LogP contribution in [0.25, 0.3) is 0 Å². The minimum atomic E-state index is -0.442. The van der Waals surface area contributed by atoms with Crippen LogP contribution in [0.4, 0.5) is 4.79 Å². The molecule has 2 rings (SSSR count). The maximum absolute atomic E-state index is 11.9. The summed E-state index contributed by atoms with van der Waals surface area (Å²) in [5.41, 5.74) is 0.926. The van der Waals surface area contributed by atoms with E-state index in [-0.39, 0.29) is 19.2 Å². The van der Waals surface area contributed by atoms with Crippen molar-refractivity contribution in [2.75, 3.05) is 18.9 Å². The number of amides is 2. The molecule has 0 unspecified atom stereocenters. The van der Waals surface area contributed by atoms with Crippen LogP contribution in [0, 0.1) is 0 Å². The van der Waals surface area contributed by atoms with Crippen LogP contribution in [0.15, 0.2) is 34.4 Å². The zero-order valence-corrected chi connectivity index (χ0v) is 14.1. The van der Waals surface area contributed by atoms with Crippen molar-refractivity contribution in [3.8, 4) is 0 Å². The minimum absolute atomic E-state index is 0.143. The van der Waals surface area contributed by atoms with Crippen molar-refractivity contribution in [3.05, 3.63) is 39.5 Å². The molecule has 0 radical (unpaired) electrons. The molecule has 0 aliphatic carbocycles. The van der Waals surface area contributed by atoms with Crippen LogP contribution in [0.5, 0.6) is 0 Å². The van der Waals surface area contributed by atoms with Crippen molar-refractivity contribution < 1.29 is 14.3 Å². The second kappa shape index (κ2) is 7.76. The zero-order valence-electron chi connectivity index (χ0n) is 11.7. The SMILES string of the molecule is CCOC(=O)C1=C(CSc2cc(Cl)ccc2Cl)NC(=O)NC1. The predicted molar refractivity (Wildman–Crippen MR) is 87.4 cm³/mol. The Bertz CT molecular complexity index is 635. The molecule has 5 nitrogen and oxygen atoms in total. The summed E-state index contributed by atoms with van der Waals surface area (Å²) in [6.07, 6.45) is 0. The van der Waals surface area contributed by atoms with Gasteiger partial charge in [-0.3, -0.25) is 0 Å². The molecule has 0 saturated heterocycles. The van der Waals surface area contributed by atoms with Gasteiger partial charge >= 0.3 is 12.0 Å². The van der Waals surface area contributed by atoms with E-state index < -0.39 is 5.97 Å². The summed E-state index contributed by atoms with van der Waals surface area (Å²) in [6.45, 7) is 2.15. The Morgan fingerprint density at radius 2 is 2.18 bits per heavy atom. The van der Waals surface area contributed by atoms with E-state index in [9.17, 15) is 9.59 Å². The van der Waals surface area contributed by atoms with Crippen molar-refractivity contribution in [2.24, 2.45) is 0 Å². The van der Waals surface area contributed by atoms with Gasteiger partial charge in [0, 0.05) is 21.4 Å². The highest BCUT2D eigenvalue weighted by molar-refractivity contribution is 7.99.